The van der Waals surface area contributed by atoms with Crippen LogP contribution >= 0.6 is 0 Å². The third-order valence-corrected chi connectivity index (χ3v) is 5.70. The van der Waals surface area contributed by atoms with Gasteiger partial charge in [-0.1, -0.05) is 60.2 Å². The minimum atomic E-state index is -0.706. The molecule has 2 heterocycles. The van der Waals surface area contributed by atoms with Gasteiger partial charge >= 0.3 is 0 Å². The van der Waals surface area contributed by atoms with E-state index in [1.807, 2.05) is 75.4 Å². The number of hydrogen-bond donors (Lipinski definition) is 2. The Bertz CT molecular complexity index is 1310. The van der Waals surface area contributed by atoms with Crippen molar-refractivity contribution in [2.24, 2.45) is 0 Å². The zero-order chi connectivity index (χ0) is 24.2. The molecule has 0 saturated carbocycles. The van der Waals surface area contributed by atoms with Crippen LogP contribution in [0.1, 0.15) is 48.3 Å². The van der Waals surface area contributed by atoms with E-state index in [1.165, 1.54) is 0 Å². The van der Waals surface area contributed by atoms with Crippen LogP contribution < -0.4 is 10.6 Å². The molecule has 34 heavy (non-hydrogen) atoms. The summed E-state index contributed by atoms with van der Waals surface area (Å²) in [6.07, 6.45) is 1.66. The second-order valence-corrected chi connectivity index (χ2v) is 8.74. The van der Waals surface area contributed by atoms with Crippen LogP contribution in [0, 0.1) is 6.92 Å². The summed E-state index contributed by atoms with van der Waals surface area (Å²) in [6.45, 7) is 8.14. The van der Waals surface area contributed by atoms with E-state index in [1.54, 1.807) is 23.9 Å². The molecule has 0 aliphatic rings. The van der Waals surface area contributed by atoms with Crippen molar-refractivity contribution in [2.75, 3.05) is 0 Å². The quantitative estimate of drug-likeness (QED) is 0.432. The van der Waals surface area contributed by atoms with Crippen LogP contribution in [0.5, 0.6) is 0 Å². The van der Waals surface area contributed by atoms with Crippen molar-refractivity contribution in [2.45, 2.75) is 46.3 Å². The first-order valence-corrected chi connectivity index (χ1v) is 11.4. The van der Waals surface area contributed by atoms with Crippen LogP contribution in [-0.4, -0.2) is 32.6 Å². The van der Waals surface area contributed by atoms with E-state index in [2.05, 4.69) is 15.7 Å². The number of aromatic nitrogens is 3. The van der Waals surface area contributed by atoms with Gasteiger partial charge in [0, 0.05) is 18.2 Å². The summed E-state index contributed by atoms with van der Waals surface area (Å²) in [4.78, 5) is 30.7. The molecule has 174 valence electrons. The number of nitrogens with zero attached hydrogens (tertiary/aromatic N) is 3. The first-order valence-electron chi connectivity index (χ1n) is 11.4. The highest BCUT2D eigenvalue weighted by atomic mass is 16.2. The molecular weight excluding hydrogens is 426 g/mol. The molecule has 2 aromatic carbocycles. The second kappa shape index (κ2) is 9.87. The number of pyridine rings is 1. The molecule has 2 aromatic heterocycles. The summed E-state index contributed by atoms with van der Waals surface area (Å²) in [5.41, 5.74) is 4.81. The summed E-state index contributed by atoms with van der Waals surface area (Å²) in [7, 11) is 0. The zero-order valence-corrected chi connectivity index (χ0v) is 19.9. The molecule has 0 fully saturated rings. The van der Waals surface area contributed by atoms with Gasteiger partial charge in [-0.2, -0.15) is 5.10 Å². The molecule has 0 saturated heterocycles. The predicted molar refractivity (Wildman–Crippen MR) is 133 cm³/mol. The van der Waals surface area contributed by atoms with E-state index in [0.29, 0.717) is 28.8 Å². The van der Waals surface area contributed by atoms with Crippen LogP contribution in [0.15, 0.2) is 66.9 Å². The van der Waals surface area contributed by atoms with Crippen molar-refractivity contribution in [3.8, 4) is 11.3 Å². The van der Waals surface area contributed by atoms with Gasteiger partial charge in [0.25, 0.3) is 5.91 Å². The minimum absolute atomic E-state index is 0.0804. The summed E-state index contributed by atoms with van der Waals surface area (Å²) < 4.78 is 1.81. The van der Waals surface area contributed by atoms with Crippen molar-refractivity contribution in [3.05, 3.63) is 83.6 Å². The van der Waals surface area contributed by atoms with Crippen LogP contribution in [0.25, 0.3) is 22.3 Å². The monoisotopic (exact) mass is 455 g/mol. The van der Waals surface area contributed by atoms with Crippen molar-refractivity contribution in [1.82, 2.24) is 25.4 Å². The third kappa shape index (κ3) is 4.98. The summed E-state index contributed by atoms with van der Waals surface area (Å²) >= 11 is 0. The van der Waals surface area contributed by atoms with E-state index in [4.69, 9.17) is 4.98 Å². The average Bonchev–Trinajstić information content (AvgIpc) is 3.27. The maximum Gasteiger partial charge on any atom is 0.252 e. The van der Waals surface area contributed by atoms with E-state index in [0.717, 1.165) is 16.7 Å². The summed E-state index contributed by atoms with van der Waals surface area (Å²) in [6, 6.07) is 18.8. The Kier molecular flexibility index (Phi) is 6.72. The lowest BCUT2D eigenvalue weighted by Crippen LogP contribution is -2.44. The smallest absolute Gasteiger partial charge is 0.252 e. The lowest BCUT2D eigenvalue weighted by atomic mass is 10.0. The van der Waals surface area contributed by atoms with Gasteiger partial charge in [-0.3, -0.25) is 9.59 Å². The molecule has 7 heteroatoms. The van der Waals surface area contributed by atoms with Gasteiger partial charge in [0.05, 0.1) is 22.8 Å². The summed E-state index contributed by atoms with van der Waals surface area (Å²) in [5.74, 6) is -0.592. The van der Waals surface area contributed by atoms with Crippen molar-refractivity contribution >= 4 is 22.8 Å². The SMILES string of the molecule is Cc1ccc(-c2cc(C(=O)NC(C)C(=O)NCc3ccccc3)c3cnn(C(C)C)c3n2)cc1. The topological polar surface area (TPSA) is 88.9 Å². The Morgan fingerprint density at radius 1 is 1.00 bits per heavy atom. The number of amides is 2. The lowest BCUT2D eigenvalue weighted by molar-refractivity contribution is -0.122. The Morgan fingerprint density at radius 2 is 1.71 bits per heavy atom. The molecule has 7 nitrogen and oxygen atoms in total. The van der Waals surface area contributed by atoms with Crippen LogP contribution in [0.4, 0.5) is 0 Å². The van der Waals surface area contributed by atoms with E-state index in [-0.39, 0.29) is 17.9 Å². The number of carbonyl (C=O) groups is 2. The zero-order valence-electron chi connectivity index (χ0n) is 19.9. The number of carbonyl (C=O) groups excluding carboxylic acids is 2. The van der Waals surface area contributed by atoms with E-state index >= 15 is 0 Å². The molecule has 2 amide bonds. The van der Waals surface area contributed by atoms with Crippen molar-refractivity contribution in [3.63, 3.8) is 0 Å². The van der Waals surface area contributed by atoms with Crippen LogP contribution in [0.3, 0.4) is 0 Å². The molecule has 4 aromatic rings. The molecule has 1 atom stereocenters. The van der Waals surface area contributed by atoms with E-state index in [9.17, 15) is 9.59 Å². The molecule has 0 bridgehead atoms. The van der Waals surface area contributed by atoms with E-state index < -0.39 is 6.04 Å². The summed E-state index contributed by atoms with van der Waals surface area (Å²) in [5, 5.41) is 10.8. The lowest BCUT2D eigenvalue weighted by Gasteiger charge is -2.15. The predicted octanol–water partition coefficient (Wildman–Crippen LogP) is 4.42. The highest BCUT2D eigenvalue weighted by Crippen LogP contribution is 2.26. The molecule has 0 spiro atoms. The number of fused-ring (bicyclic) bond motifs is 1. The number of hydrogen-bond acceptors (Lipinski definition) is 4. The fourth-order valence-corrected chi connectivity index (χ4v) is 3.73. The Balaban J connectivity index is 1.61. The molecule has 0 aliphatic carbocycles. The van der Waals surface area contributed by atoms with Crippen molar-refractivity contribution in [1.29, 1.82) is 0 Å². The van der Waals surface area contributed by atoms with Gasteiger partial charge in [-0.15, -0.1) is 0 Å². The minimum Gasteiger partial charge on any atom is -0.350 e. The maximum absolute atomic E-state index is 13.3. The largest absolute Gasteiger partial charge is 0.350 e. The number of aryl methyl sites for hydroxylation is 1. The van der Waals surface area contributed by atoms with Crippen molar-refractivity contribution < 1.29 is 9.59 Å². The first-order chi connectivity index (χ1) is 16.3. The van der Waals surface area contributed by atoms with Gasteiger partial charge in [-0.25, -0.2) is 9.67 Å². The first kappa shape index (κ1) is 23.2. The molecule has 0 radical (unpaired) electrons. The molecular formula is C27H29N5O2. The molecule has 4 rings (SSSR count). The van der Waals surface area contributed by atoms with Gasteiger partial charge in [0.2, 0.25) is 5.91 Å². The van der Waals surface area contributed by atoms with Crippen LogP contribution in [0.2, 0.25) is 0 Å². The second-order valence-electron chi connectivity index (χ2n) is 8.74. The Hall–Kier alpha value is -4.00. The highest BCUT2D eigenvalue weighted by molar-refractivity contribution is 6.07. The normalized spacial score (nSPS) is 12.0. The standard InChI is InChI=1S/C27H29N5O2/c1-17(2)32-25-23(16-29-32)22(14-24(31-25)21-12-10-18(3)11-13-21)27(34)30-19(4)26(33)28-15-20-8-6-5-7-9-20/h5-14,16-17,19H,15H2,1-4H3,(H,28,33)(H,30,34). The van der Waals surface area contributed by atoms with Crippen LogP contribution in [-0.2, 0) is 11.3 Å². The molecule has 1 unspecified atom stereocenters. The van der Waals surface area contributed by atoms with Gasteiger partial charge in [0.1, 0.15) is 6.04 Å². The Morgan fingerprint density at radius 3 is 2.38 bits per heavy atom. The number of nitrogens with one attached hydrogen (secondary N) is 2. The third-order valence-electron chi connectivity index (χ3n) is 5.70. The maximum atomic E-state index is 13.3. The fraction of sp³-hybridized carbons (Fsp3) is 0.259. The molecule has 2 N–H and O–H groups in total. The fourth-order valence-electron chi connectivity index (χ4n) is 3.73. The Labute approximate surface area is 199 Å². The van der Waals surface area contributed by atoms with Gasteiger partial charge in [-0.05, 0) is 39.3 Å². The van der Waals surface area contributed by atoms with Gasteiger partial charge < -0.3 is 10.6 Å². The highest BCUT2D eigenvalue weighted by Gasteiger charge is 2.22. The average molecular weight is 456 g/mol. The number of benzene rings is 2. The molecule has 0 aliphatic heterocycles. The van der Waals surface area contributed by atoms with Gasteiger partial charge in [0.15, 0.2) is 5.65 Å². The number of rotatable bonds is 7.